The first kappa shape index (κ1) is 24.5. The van der Waals surface area contributed by atoms with Gasteiger partial charge in [0.15, 0.2) is 0 Å². The highest BCUT2D eigenvalue weighted by atomic mass is 35.5. The van der Waals surface area contributed by atoms with Crippen molar-refractivity contribution in [3.63, 3.8) is 0 Å². The maximum absolute atomic E-state index is 13.1. The zero-order valence-corrected chi connectivity index (χ0v) is 20.2. The normalized spacial score (nSPS) is 14.5. The number of carboxylic acid groups (broad SMARTS) is 1. The Kier molecular flexibility index (Phi) is 7.23. The van der Waals surface area contributed by atoms with Gasteiger partial charge in [0.1, 0.15) is 21.6 Å². The molecule has 180 valence electrons. The summed E-state index contributed by atoms with van der Waals surface area (Å²) in [6.07, 6.45) is 3.50. The lowest BCUT2D eigenvalue weighted by Gasteiger charge is -2.10. The lowest BCUT2D eigenvalue weighted by molar-refractivity contribution is -0.132. The number of nitrogens with zero attached hydrogens (tertiary/aromatic N) is 2. The molecule has 1 aliphatic heterocycles. The van der Waals surface area contributed by atoms with Crippen LogP contribution in [0.1, 0.15) is 31.2 Å². The molecule has 1 aliphatic rings. The second kappa shape index (κ2) is 10.3. The number of carbonyl (C=O) groups is 2. The molecule has 2 N–H and O–H groups in total. The Hall–Kier alpha value is -3.62. The summed E-state index contributed by atoms with van der Waals surface area (Å²) < 4.78 is 7.48. The van der Waals surface area contributed by atoms with Gasteiger partial charge in [0.2, 0.25) is 0 Å². The fraction of sp³-hybridized carbons (Fsp3) is 0.200. The molecule has 4 rings (SSSR count). The molecular weight excluding hydrogens is 493 g/mol. The maximum atomic E-state index is 13.1. The largest absolute Gasteiger partial charge is 0.493 e. The number of aliphatic carboxylic acids is 1. The van der Waals surface area contributed by atoms with Crippen molar-refractivity contribution < 1.29 is 19.4 Å². The third-order valence-corrected chi connectivity index (χ3v) is 6.20. The van der Waals surface area contributed by atoms with E-state index in [1.165, 1.54) is 12.1 Å². The average molecular weight is 514 g/mol. The number of carboxylic acids is 1. The molecule has 3 aromatic rings. The van der Waals surface area contributed by atoms with Crippen LogP contribution in [0.2, 0.25) is 0 Å². The Morgan fingerprint density at radius 1 is 1.20 bits per heavy atom. The molecule has 1 aromatic heterocycles. The predicted molar refractivity (Wildman–Crippen MR) is 136 cm³/mol. The van der Waals surface area contributed by atoms with Crippen molar-refractivity contribution in [1.29, 1.82) is 0 Å². The summed E-state index contributed by atoms with van der Waals surface area (Å²) in [7, 11) is 0. The van der Waals surface area contributed by atoms with Gasteiger partial charge in [-0.05, 0) is 48.8 Å². The van der Waals surface area contributed by atoms with E-state index in [4.69, 9.17) is 38.0 Å². The van der Waals surface area contributed by atoms with Crippen LogP contribution in [0.15, 0.2) is 57.3 Å². The number of anilines is 1. The number of para-hydroxylation sites is 1. The van der Waals surface area contributed by atoms with E-state index in [0.717, 1.165) is 23.3 Å². The van der Waals surface area contributed by atoms with Gasteiger partial charge < -0.3 is 15.2 Å². The minimum atomic E-state index is -1.52. The standard InChI is InChI=1S/C25H21Cl2N3O5/c1-2-11-35-19-6-4-3-5-14(19)12-15-9-10-30-22(15)29-18-13-16(7-8-17(18)24(30)32)28-23(31)20(26)21(27)25(33)34/h3-8,12-13H,2,9-11H2,1H3,(H,28,31)(H,33,34)/b15-12?,21-20-. The Bertz CT molecular complexity index is 1460. The number of halogens is 2. The maximum Gasteiger partial charge on any atom is 0.349 e. The zero-order valence-electron chi connectivity index (χ0n) is 18.7. The molecule has 2 heterocycles. The number of fused-ring (bicyclic) bond motifs is 2. The number of nitrogens with one attached hydrogen (secondary N) is 1. The lowest BCUT2D eigenvalue weighted by atomic mass is 10.1. The average Bonchev–Trinajstić information content (AvgIpc) is 3.25. The number of allylic oxidation sites excluding steroid dienone is 1. The van der Waals surface area contributed by atoms with Crippen LogP contribution in [0, 0.1) is 0 Å². The van der Waals surface area contributed by atoms with E-state index in [0.29, 0.717) is 36.3 Å². The molecule has 0 aliphatic carbocycles. The van der Waals surface area contributed by atoms with Crippen molar-refractivity contribution in [2.75, 3.05) is 11.9 Å². The molecule has 0 fully saturated rings. The van der Waals surface area contributed by atoms with E-state index in [2.05, 4.69) is 5.32 Å². The topological polar surface area (TPSA) is 111 Å². The lowest BCUT2D eigenvalue weighted by Crippen LogP contribution is -2.21. The molecule has 0 spiro atoms. The smallest absolute Gasteiger partial charge is 0.349 e. The van der Waals surface area contributed by atoms with Crippen molar-refractivity contribution in [1.82, 2.24) is 9.55 Å². The molecule has 0 bridgehead atoms. The molecule has 0 saturated carbocycles. The van der Waals surface area contributed by atoms with Crippen LogP contribution in [0.5, 0.6) is 5.75 Å². The fourth-order valence-electron chi connectivity index (χ4n) is 3.74. The first-order valence-electron chi connectivity index (χ1n) is 10.9. The quantitative estimate of drug-likeness (QED) is 0.437. The van der Waals surface area contributed by atoms with Gasteiger partial charge in [-0.25, -0.2) is 9.78 Å². The van der Waals surface area contributed by atoms with Gasteiger partial charge in [-0.15, -0.1) is 0 Å². The van der Waals surface area contributed by atoms with E-state index in [-0.39, 0.29) is 11.2 Å². The summed E-state index contributed by atoms with van der Waals surface area (Å²) in [4.78, 5) is 41.0. The van der Waals surface area contributed by atoms with Gasteiger partial charge in [-0.1, -0.05) is 48.3 Å². The van der Waals surface area contributed by atoms with E-state index in [1.54, 1.807) is 10.6 Å². The van der Waals surface area contributed by atoms with Crippen molar-refractivity contribution in [2.24, 2.45) is 0 Å². The fourth-order valence-corrected chi connectivity index (χ4v) is 3.96. The van der Waals surface area contributed by atoms with Gasteiger partial charge in [0.25, 0.3) is 11.5 Å². The Labute approximate surface area is 210 Å². The minimum Gasteiger partial charge on any atom is -0.493 e. The SMILES string of the molecule is CCCOc1ccccc1C=C1CCn2c1nc1cc(NC(=O)/C(Cl)=C(/Cl)C(=O)O)ccc1c2=O. The Morgan fingerprint density at radius 3 is 2.71 bits per heavy atom. The molecule has 0 unspecified atom stereocenters. The van der Waals surface area contributed by atoms with Gasteiger partial charge >= 0.3 is 5.97 Å². The molecule has 35 heavy (non-hydrogen) atoms. The number of amides is 1. The van der Waals surface area contributed by atoms with Crippen LogP contribution in [0.3, 0.4) is 0 Å². The van der Waals surface area contributed by atoms with Crippen molar-refractivity contribution in [3.8, 4) is 5.75 Å². The summed E-state index contributed by atoms with van der Waals surface area (Å²) in [5, 5.41) is 10.3. The van der Waals surface area contributed by atoms with Crippen molar-refractivity contribution in [2.45, 2.75) is 26.3 Å². The number of rotatable bonds is 7. The molecule has 10 heteroatoms. The number of ether oxygens (including phenoxy) is 1. The van der Waals surface area contributed by atoms with E-state index < -0.39 is 21.9 Å². The van der Waals surface area contributed by atoms with Crippen molar-refractivity contribution >= 4 is 63.3 Å². The molecular formula is C25H21Cl2N3O5. The van der Waals surface area contributed by atoms with Crippen LogP contribution in [-0.2, 0) is 16.1 Å². The van der Waals surface area contributed by atoms with Gasteiger partial charge in [-0.2, -0.15) is 0 Å². The predicted octanol–water partition coefficient (Wildman–Crippen LogP) is 4.84. The molecule has 1 amide bonds. The van der Waals surface area contributed by atoms with E-state index in [1.807, 2.05) is 37.3 Å². The van der Waals surface area contributed by atoms with Crippen molar-refractivity contribution in [3.05, 3.63) is 74.3 Å². The summed E-state index contributed by atoms with van der Waals surface area (Å²) in [5.41, 5.74) is 2.27. The second-order valence-electron chi connectivity index (χ2n) is 7.82. The highest BCUT2D eigenvalue weighted by Crippen LogP contribution is 2.31. The molecule has 0 saturated heterocycles. The minimum absolute atomic E-state index is 0.186. The van der Waals surface area contributed by atoms with Gasteiger partial charge in [0.05, 0.1) is 17.5 Å². The number of benzene rings is 2. The number of aromatic nitrogens is 2. The first-order chi connectivity index (χ1) is 16.8. The zero-order chi connectivity index (χ0) is 25.1. The third-order valence-electron chi connectivity index (χ3n) is 5.40. The molecule has 0 atom stereocenters. The van der Waals surface area contributed by atoms with Crippen LogP contribution in [0.4, 0.5) is 5.69 Å². The van der Waals surface area contributed by atoms with Gasteiger partial charge in [-0.3, -0.25) is 14.2 Å². The summed E-state index contributed by atoms with van der Waals surface area (Å²) in [6.45, 7) is 3.15. The van der Waals surface area contributed by atoms with Crippen LogP contribution in [-0.4, -0.2) is 33.1 Å². The van der Waals surface area contributed by atoms with Gasteiger partial charge in [0, 0.05) is 17.8 Å². The van der Waals surface area contributed by atoms with Crippen LogP contribution >= 0.6 is 23.2 Å². The third kappa shape index (κ3) is 5.08. The van der Waals surface area contributed by atoms with Crippen LogP contribution in [0.25, 0.3) is 22.6 Å². The second-order valence-corrected chi connectivity index (χ2v) is 8.57. The monoisotopic (exact) mass is 513 g/mol. The Balaban J connectivity index is 1.71. The highest BCUT2D eigenvalue weighted by Gasteiger charge is 2.22. The molecule has 8 nitrogen and oxygen atoms in total. The summed E-state index contributed by atoms with van der Waals surface area (Å²) in [5.74, 6) is -1.10. The molecule has 0 radical (unpaired) electrons. The van der Waals surface area contributed by atoms with E-state index in [9.17, 15) is 14.4 Å². The molecule has 2 aromatic carbocycles. The highest BCUT2D eigenvalue weighted by molar-refractivity contribution is 6.54. The number of hydrogen-bond donors (Lipinski definition) is 2. The van der Waals surface area contributed by atoms with Crippen LogP contribution < -0.4 is 15.6 Å². The number of carbonyl (C=O) groups excluding carboxylic acids is 1. The first-order valence-corrected chi connectivity index (χ1v) is 11.6. The summed E-state index contributed by atoms with van der Waals surface area (Å²) in [6, 6.07) is 12.3. The summed E-state index contributed by atoms with van der Waals surface area (Å²) >= 11 is 11.3. The number of hydrogen-bond acceptors (Lipinski definition) is 5. The van der Waals surface area contributed by atoms with E-state index >= 15 is 0 Å². The Morgan fingerprint density at radius 2 is 1.97 bits per heavy atom.